The van der Waals surface area contributed by atoms with Crippen LogP contribution in [0, 0.1) is 0 Å². The van der Waals surface area contributed by atoms with E-state index in [1.165, 1.54) is 6.26 Å². The maximum Gasteiger partial charge on any atom is 0.156 e. The molecule has 3 nitrogen and oxygen atoms in total. The van der Waals surface area contributed by atoms with Crippen molar-refractivity contribution in [3.8, 4) is 0 Å². The van der Waals surface area contributed by atoms with Gasteiger partial charge in [-0.25, -0.2) is 0 Å². The molecule has 1 N–H and O–H groups in total. The van der Waals surface area contributed by atoms with Crippen molar-refractivity contribution in [2.45, 2.75) is 0 Å². The molecule has 0 fully saturated rings. The van der Waals surface area contributed by atoms with Gasteiger partial charge in [-0.3, -0.25) is 0 Å². The molecular weight excluding hydrogens is 249 g/mol. The minimum absolute atomic E-state index is 0.309. The molecule has 1 heterocycles. The van der Waals surface area contributed by atoms with Gasteiger partial charge in [-0.2, -0.15) is 0 Å². The van der Waals surface area contributed by atoms with Crippen LogP contribution in [0.15, 0.2) is 46.2 Å². The first-order valence-corrected chi connectivity index (χ1v) is 5.19. The number of rotatable bonds is 2. The first kappa shape index (κ1) is 11.0. The third kappa shape index (κ3) is 2.05. The topological polar surface area (TPSA) is 45.7 Å². The van der Waals surface area contributed by atoms with Gasteiger partial charge in [0.1, 0.15) is 0 Å². The molecule has 0 aliphatic heterocycles. The lowest BCUT2D eigenvalue weighted by molar-refractivity contribution is 0.318. The number of furan rings is 1. The predicted molar refractivity (Wildman–Crippen MR) is 62.6 cm³/mol. The minimum atomic E-state index is 0.309. The smallest absolute Gasteiger partial charge is 0.156 e. The fourth-order valence-corrected chi connectivity index (χ4v) is 1.60. The molecule has 82 valence electrons. The van der Waals surface area contributed by atoms with Crippen LogP contribution in [-0.4, -0.2) is 10.9 Å². The Labute approximate surface area is 102 Å². The van der Waals surface area contributed by atoms with Crippen molar-refractivity contribution < 1.29 is 9.62 Å². The van der Waals surface area contributed by atoms with Gasteiger partial charge in [0.05, 0.1) is 16.3 Å². The van der Waals surface area contributed by atoms with Crippen molar-refractivity contribution in [2.75, 3.05) is 0 Å². The Hall–Kier alpha value is -1.45. The van der Waals surface area contributed by atoms with Crippen LogP contribution in [0.25, 0.3) is 0 Å². The molecular formula is C11H7Cl2NO2. The Morgan fingerprint density at radius 2 is 2.00 bits per heavy atom. The summed E-state index contributed by atoms with van der Waals surface area (Å²) in [6, 6.07) is 8.34. The number of oxime groups is 1. The van der Waals surface area contributed by atoms with Crippen LogP contribution in [0.2, 0.25) is 10.0 Å². The van der Waals surface area contributed by atoms with Crippen molar-refractivity contribution in [1.29, 1.82) is 0 Å². The fraction of sp³-hybridized carbons (Fsp3) is 0. The van der Waals surface area contributed by atoms with Gasteiger partial charge in [0, 0.05) is 5.56 Å². The van der Waals surface area contributed by atoms with Crippen LogP contribution in [0.1, 0.15) is 11.3 Å². The summed E-state index contributed by atoms with van der Waals surface area (Å²) in [7, 11) is 0. The average Bonchev–Trinajstić information content (AvgIpc) is 2.78. The lowest BCUT2D eigenvalue weighted by atomic mass is 10.1. The van der Waals surface area contributed by atoms with Gasteiger partial charge in [-0.1, -0.05) is 34.4 Å². The average molecular weight is 256 g/mol. The second-order valence-electron chi connectivity index (χ2n) is 3.05. The molecule has 2 rings (SSSR count). The van der Waals surface area contributed by atoms with Gasteiger partial charge in [0.2, 0.25) is 0 Å². The van der Waals surface area contributed by atoms with E-state index >= 15 is 0 Å². The summed E-state index contributed by atoms with van der Waals surface area (Å²) < 4.78 is 5.14. The van der Waals surface area contributed by atoms with E-state index in [0.29, 0.717) is 27.1 Å². The van der Waals surface area contributed by atoms with Gasteiger partial charge >= 0.3 is 0 Å². The zero-order valence-corrected chi connectivity index (χ0v) is 9.53. The summed E-state index contributed by atoms with van der Waals surface area (Å²) in [5, 5.41) is 13.0. The quantitative estimate of drug-likeness (QED) is 0.504. The second kappa shape index (κ2) is 4.60. The molecule has 5 heteroatoms. The Kier molecular flexibility index (Phi) is 3.17. The zero-order chi connectivity index (χ0) is 11.5. The predicted octanol–water partition coefficient (Wildman–Crippen LogP) is 3.81. The summed E-state index contributed by atoms with van der Waals surface area (Å²) >= 11 is 11.7. The number of nitrogens with zero attached hydrogens (tertiary/aromatic N) is 1. The molecule has 0 spiro atoms. The first-order chi connectivity index (χ1) is 7.72. The van der Waals surface area contributed by atoms with Crippen LogP contribution in [-0.2, 0) is 0 Å². The molecule has 16 heavy (non-hydrogen) atoms. The molecule has 0 radical (unpaired) electrons. The van der Waals surface area contributed by atoms with E-state index in [2.05, 4.69) is 5.16 Å². The highest BCUT2D eigenvalue weighted by atomic mass is 35.5. The molecule has 0 aliphatic carbocycles. The highest BCUT2D eigenvalue weighted by Gasteiger charge is 2.11. The lowest BCUT2D eigenvalue weighted by Crippen LogP contribution is -2.01. The SMILES string of the molecule is O/N=C(\c1ccc(Cl)c(Cl)c1)c1ccco1. The van der Waals surface area contributed by atoms with Crippen molar-refractivity contribution in [3.05, 3.63) is 58.0 Å². The van der Waals surface area contributed by atoms with Crippen LogP contribution < -0.4 is 0 Å². The van der Waals surface area contributed by atoms with E-state index in [-0.39, 0.29) is 0 Å². The van der Waals surface area contributed by atoms with Crippen LogP contribution in [0.5, 0.6) is 0 Å². The first-order valence-electron chi connectivity index (χ1n) is 4.43. The van der Waals surface area contributed by atoms with Crippen LogP contribution in [0.3, 0.4) is 0 Å². The minimum Gasteiger partial charge on any atom is -0.463 e. The van der Waals surface area contributed by atoms with Gasteiger partial charge in [-0.05, 0) is 24.3 Å². The van der Waals surface area contributed by atoms with E-state index in [0.717, 1.165) is 0 Å². The summed E-state index contributed by atoms with van der Waals surface area (Å²) in [4.78, 5) is 0. The fourth-order valence-electron chi connectivity index (χ4n) is 1.31. The maximum atomic E-state index is 8.96. The summed E-state index contributed by atoms with van der Waals surface area (Å²) in [6.07, 6.45) is 1.50. The molecule has 1 aromatic heterocycles. The van der Waals surface area contributed by atoms with E-state index in [9.17, 15) is 0 Å². The Morgan fingerprint density at radius 1 is 1.19 bits per heavy atom. The number of halogens is 2. The highest BCUT2D eigenvalue weighted by molar-refractivity contribution is 6.42. The second-order valence-corrected chi connectivity index (χ2v) is 3.87. The lowest BCUT2D eigenvalue weighted by Gasteiger charge is -2.03. The molecule has 0 amide bonds. The van der Waals surface area contributed by atoms with E-state index < -0.39 is 0 Å². The number of hydrogen-bond acceptors (Lipinski definition) is 3. The molecule has 0 saturated heterocycles. The number of hydrogen-bond donors (Lipinski definition) is 1. The molecule has 0 atom stereocenters. The molecule has 0 aliphatic rings. The maximum absolute atomic E-state index is 8.96. The Morgan fingerprint density at radius 3 is 2.56 bits per heavy atom. The molecule has 2 aromatic rings. The highest BCUT2D eigenvalue weighted by Crippen LogP contribution is 2.24. The molecule has 0 saturated carbocycles. The summed E-state index contributed by atoms with van der Waals surface area (Å²) in [5.41, 5.74) is 0.940. The van der Waals surface area contributed by atoms with Gasteiger partial charge in [-0.15, -0.1) is 0 Å². The van der Waals surface area contributed by atoms with E-state index in [4.69, 9.17) is 32.8 Å². The van der Waals surface area contributed by atoms with E-state index in [1.807, 2.05) is 0 Å². The standard InChI is InChI=1S/C11H7Cl2NO2/c12-8-4-3-7(6-9(8)13)11(14-15)10-2-1-5-16-10/h1-6,15H/b14-11+. The van der Waals surface area contributed by atoms with Gasteiger partial charge in [0.15, 0.2) is 11.5 Å². The van der Waals surface area contributed by atoms with Crippen molar-refractivity contribution in [2.24, 2.45) is 5.16 Å². The zero-order valence-electron chi connectivity index (χ0n) is 8.02. The normalized spacial score (nSPS) is 11.8. The molecule has 0 bridgehead atoms. The van der Waals surface area contributed by atoms with Crippen molar-refractivity contribution in [3.63, 3.8) is 0 Å². The Bertz CT molecular complexity index is 521. The Balaban J connectivity index is 2.47. The number of benzene rings is 1. The largest absolute Gasteiger partial charge is 0.463 e. The summed E-state index contributed by atoms with van der Waals surface area (Å²) in [5.74, 6) is 0.459. The van der Waals surface area contributed by atoms with E-state index in [1.54, 1.807) is 30.3 Å². The summed E-state index contributed by atoms with van der Waals surface area (Å²) in [6.45, 7) is 0. The van der Waals surface area contributed by atoms with Crippen LogP contribution in [0.4, 0.5) is 0 Å². The molecule has 1 aromatic carbocycles. The third-order valence-electron chi connectivity index (χ3n) is 2.05. The third-order valence-corrected chi connectivity index (χ3v) is 2.79. The van der Waals surface area contributed by atoms with Gasteiger partial charge in [0.25, 0.3) is 0 Å². The van der Waals surface area contributed by atoms with Crippen LogP contribution >= 0.6 is 23.2 Å². The monoisotopic (exact) mass is 255 g/mol. The van der Waals surface area contributed by atoms with Crippen molar-refractivity contribution in [1.82, 2.24) is 0 Å². The molecule has 0 unspecified atom stereocenters. The van der Waals surface area contributed by atoms with Crippen molar-refractivity contribution >= 4 is 28.9 Å². The van der Waals surface area contributed by atoms with Gasteiger partial charge < -0.3 is 9.62 Å².